The van der Waals surface area contributed by atoms with Gasteiger partial charge in [-0.25, -0.2) is 0 Å². The Hall–Kier alpha value is -4.56. The fourth-order valence-corrected chi connectivity index (χ4v) is 4.59. The molecule has 1 amide bonds. The zero-order valence-electron chi connectivity index (χ0n) is 21.0. The number of ketones is 1. The van der Waals surface area contributed by atoms with Gasteiger partial charge in [0.1, 0.15) is 12.2 Å². The molecule has 0 saturated carbocycles. The van der Waals surface area contributed by atoms with Gasteiger partial charge < -0.3 is 28.6 Å². The Labute approximate surface area is 219 Å². The number of ether oxygens (including phenoxy) is 3. The van der Waals surface area contributed by atoms with Gasteiger partial charge in [0, 0.05) is 19.0 Å². The standard InChI is InChI=1S/C30H27NO7/c1-35-15-14-31-27(21-12-13-23(24(17-21)36-2)37-18-19-8-4-3-5-9-19)26(29(33)30(31)34)28(32)25-16-20-10-6-7-11-22(20)38-25/h3-13,16-17,27,33H,14-15,18H2,1-2H3/t27-/m1/s1. The van der Waals surface area contributed by atoms with Gasteiger partial charge >= 0.3 is 0 Å². The summed E-state index contributed by atoms with van der Waals surface area (Å²) in [6.45, 7) is 0.724. The topological polar surface area (TPSA) is 98.4 Å². The number of aliphatic hydroxyl groups is 1. The molecule has 0 radical (unpaired) electrons. The van der Waals surface area contributed by atoms with E-state index in [1.807, 2.05) is 42.5 Å². The molecule has 8 nitrogen and oxygen atoms in total. The quantitative estimate of drug-likeness (QED) is 0.289. The van der Waals surface area contributed by atoms with Crippen LogP contribution in [0.4, 0.5) is 0 Å². The van der Waals surface area contributed by atoms with E-state index in [0.29, 0.717) is 29.3 Å². The first-order valence-electron chi connectivity index (χ1n) is 12.1. The number of fused-ring (bicyclic) bond motifs is 1. The van der Waals surface area contributed by atoms with Crippen molar-refractivity contribution in [2.75, 3.05) is 27.4 Å². The van der Waals surface area contributed by atoms with Gasteiger partial charge in [0.15, 0.2) is 23.0 Å². The molecule has 1 aliphatic heterocycles. The van der Waals surface area contributed by atoms with Crippen LogP contribution in [0, 0.1) is 0 Å². The molecule has 4 aromatic rings. The van der Waals surface area contributed by atoms with Crippen LogP contribution in [0.15, 0.2) is 94.6 Å². The monoisotopic (exact) mass is 513 g/mol. The Morgan fingerprint density at radius 1 is 0.974 bits per heavy atom. The van der Waals surface area contributed by atoms with E-state index in [1.54, 1.807) is 36.4 Å². The van der Waals surface area contributed by atoms with Crippen molar-refractivity contribution in [2.24, 2.45) is 0 Å². The molecule has 3 aromatic carbocycles. The van der Waals surface area contributed by atoms with Crippen LogP contribution < -0.4 is 9.47 Å². The van der Waals surface area contributed by atoms with Gasteiger partial charge in [-0.15, -0.1) is 0 Å². The maximum Gasteiger partial charge on any atom is 0.290 e. The number of hydrogen-bond acceptors (Lipinski definition) is 7. The second-order valence-corrected chi connectivity index (χ2v) is 8.82. The predicted octanol–water partition coefficient (Wildman–Crippen LogP) is 5.25. The molecule has 0 saturated heterocycles. The number of carbonyl (C=O) groups excluding carboxylic acids is 2. The average molecular weight is 514 g/mol. The largest absolute Gasteiger partial charge is 0.503 e. The molecular weight excluding hydrogens is 486 g/mol. The van der Waals surface area contributed by atoms with Crippen molar-refractivity contribution >= 4 is 22.7 Å². The molecule has 1 atom stereocenters. The van der Waals surface area contributed by atoms with Crippen molar-refractivity contribution in [1.29, 1.82) is 0 Å². The van der Waals surface area contributed by atoms with Crippen molar-refractivity contribution < 1.29 is 33.3 Å². The van der Waals surface area contributed by atoms with Crippen LogP contribution in [0.5, 0.6) is 11.5 Å². The predicted molar refractivity (Wildman–Crippen MR) is 140 cm³/mol. The van der Waals surface area contributed by atoms with Crippen molar-refractivity contribution in [3.63, 3.8) is 0 Å². The minimum atomic E-state index is -0.879. The molecule has 0 fully saturated rings. The zero-order chi connectivity index (χ0) is 26.6. The average Bonchev–Trinajstić information content (AvgIpc) is 3.50. The van der Waals surface area contributed by atoms with E-state index in [9.17, 15) is 14.7 Å². The summed E-state index contributed by atoms with van der Waals surface area (Å²) in [5, 5.41) is 11.6. The van der Waals surface area contributed by atoms with Crippen molar-refractivity contribution in [2.45, 2.75) is 12.6 Å². The lowest BCUT2D eigenvalue weighted by atomic mass is 9.94. The zero-order valence-corrected chi connectivity index (χ0v) is 21.0. The number of amides is 1. The number of aliphatic hydroxyl groups excluding tert-OH is 1. The molecule has 1 aliphatic rings. The summed E-state index contributed by atoms with van der Waals surface area (Å²) < 4.78 is 22.5. The Morgan fingerprint density at radius 3 is 2.47 bits per heavy atom. The molecule has 0 spiro atoms. The molecule has 2 heterocycles. The highest BCUT2D eigenvalue weighted by Crippen LogP contribution is 2.42. The first-order valence-corrected chi connectivity index (χ1v) is 12.1. The minimum Gasteiger partial charge on any atom is -0.503 e. The molecule has 5 rings (SSSR count). The van der Waals surface area contributed by atoms with Crippen LogP contribution in [0.3, 0.4) is 0 Å². The summed E-state index contributed by atoms with van der Waals surface area (Å²) in [4.78, 5) is 28.2. The van der Waals surface area contributed by atoms with Crippen LogP contribution >= 0.6 is 0 Å². The molecule has 0 aliphatic carbocycles. The Morgan fingerprint density at radius 2 is 1.74 bits per heavy atom. The summed E-state index contributed by atoms with van der Waals surface area (Å²) in [6.07, 6.45) is 0. The van der Waals surface area contributed by atoms with E-state index < -0.39 is 23.5 Å². The Kier molecular flexibility index (Phi) is 7.15. The summed E-state index contributed by atoms with van der Waals surface area (Å²) in [6, 6.07) is 22.9. The van der Waals surface area contributed by atoms with Gasteiger partial charge in [0.2, 0.25) is 5.78 Å². The van der Waals surface area contributed by atoms with E-state index in [0.717, 1.165) is 10.9 Å². The highest BCUT2D eigenvalue weighted by atomic mass is 16.5. The van der Waals surface area contributed by atoms with Crippen LogP contribution in [-0.4, -0.2) is 49.1 Å². The summed E-state index contributed by atoms with van der Waals surface area (Å²) >= 11 is 0. The number of hydrogen-bond donors (Lipinski definition) is 1. The Bertz CT molecular complexity index is 1470. The third-order valence-electron chi connectivity index (χ3n) is 6.47. The van der Waals surface area contributed by atoms with Crippen molar-refractivity contribution in [3.05, 3.63) is 107 Å². The normalized spacial score (nSPS) is 15.4. The molecule has 38 heavy (non-hydrogen) atoms. The van der Waals surface area contributed by atoms with E-state index in [1.165, 1.54) is 19.1 Å². The molecule has 8 heteroatoms. The fourth-order valence-electron chi connectivity index (χ4n) is 4.59. The second-order valence-electron chi connectivity index (χ2n) is 8.82. The minimum absolute atomic E-state index is 0.0360. The number of Topliss-reactive ketones (excluding diaryl/α,β-unsaturated/α-hetero) is 1. The number of nitrogens with zero attached hydrogens (tertiary/aromatic N) is 1. The molecular formula is C30H27NO7. The highest BCUT2D eigenvalue weighted by molar-refractivity contribution is 6.16. The third-order valence-corrected chi connectivity index (χ3v) is 6.47. The maximum atomic E-state index is 13.7. The second kappa shape index (κ2) is 10.8. The first-order chi connectivity index (χ1) is 18.5. The van der Waals surface area contributed by atoms with Crippen LogP contribution in [0.25, 0.3) is 11.0 Å². The smallest absolute Gasteiger partial charge is 0.290 e. The molecule has 0 unspecified atom stereocenters. The fraction of sp³-hybridized carbons (Fsp3) is 0.200. The molecule has 1 aromatic heterocycles. The van der Waals surface area contributed by atoms with Crippen LogP contribution in [-0.2, 0) is 16.1 Å². The molecule has 0 bridgehead atoms. The lowest BCUT2D eigenvalue weighted by Crippen LogP contribution is -2.34. The van der Waals surface area contributed by atoms with Crippen LogP contribution in [0.2, 0.25) is 0 Å². The van der Waals surface area contributed by atoms with Gasteiger partial charge in [0.05, 0.1) is 25.3 Å². The van der Waals surface area contributed by atoms with Gasteiger partial charge in [-0.05, 0) is 35.4 Å². The summed E-state index contributed by atoms with van der Waals surface area (Å²) in [5.74, 6) is -0.866. The first kappa shape index (κ1) is 25.1. The number of methoxy groups -OCH3 is 2. The summed E-state index contributed by atoms with van der Waals surface area (Å²) in [5.41, 5.74) is 2.04. The lowest BCUT2D eigenvalue weighted by molar-refractivity contribution is -0.130. The number of carbonyl (C=O) groups is 2. The van der Waals surface area contributed by atoms with E-state index in [4.69, 9.17) is 18.6 Å². The van der Waals surface area contributed by atoms with E-state index in [-0.39, 0.29) is 24.5 Å². The van der Waals surface area contributed by atoms with E-state index >= 15 is 0 Å². The van der Waals surface area contributed by atoms with Gasteiger partial charge in [-0.3, -0.25) is 9.59 Å². The summed E-state index contributed by atoms with van der Waals surface area (Å²) in [7, 11) is 3.04. The number of furan rings is 1. The van der Waals surface area contributed by atoms with E-state index in [2.05, 4.69) is 0 Å². The number of benzene rings is 3. The van der Waals surface area contributed by atoms with Crippen molar-refractivity contribution in [3.8, 4) is 11.5 Å². The highest BCUT2D eigenvalue weighted by Gasteiger charge is 2.44. The number of para-hydroxylation sites is 1. The van der Waals surface area contributed by atoms with Gasteiger partial charge in [0.25, 0.3) is 5.91 Å². The number of rotatable bonds is 10. The van der Waals surface area contributed by atoms with Gasteiger partial charge in [-0.1, -0.05) is 54.6 Å². The molecule has 1 N–H and O–H groups in total. The van der Waals surface area contributed by atoms with Crippen molar-refractivity contribution in [1.82, 2.24) is 4.90 Å². The SMILES string of the molecule is COCCN1C(=O)C(O)=C(C(=O)c2cc3ccccc3o2)[C@H]1c1ccc(OCc2ccccc2)c(OC)c1. The third kappa shape index (κ3) is 4.73. The van der Waals surface area contributed by atoms with Gasteiger partial charge in [-0.2, -0.15) is 0 Å². The lowest BCUT2D eigenvalue weighted by Gasteiger charge is -2.27. The molecule has 194 valence electrons. The van der Waals surface area contributed by atoms with Crippen LogP contribution in [0.1, 0.15) is 27.7 Å². The maximum absolute atomic E-state index is 13.7. The Balaban J connectivity index is 1.51.